The lowest BCUT2D eigenvalue weighted by Crippen LogP contribution is -2.37. The van der Waals surface area contributed by atoms with Gasteiger partial charge in [0, 0.05) is 43.3 Å². The maximum absolute atomic E-state index is 12.5. The summed E-state index contributed by atoms with van der Waals surface area (Å²) in [6, 6.07) is 3.79. The summed E-state index contributed by atoms with van der Waals surface area (Å²) < 4.78 is 13.2. The van der Waals surface area contributed by atoms with Crippen LogP contribution in [0.5, 0.6) is 0 Å². The summed E-state index contributed by atoms with van der Waals surface area (Å²) in [7, 11) is 2.11. The quantitative estimate of drug-likeness (QED) is 0.789. The SMILES string of the molecule is CN1CCC([S+]([O-])c2nc3cccnc3s2)CC1. The molecule has 1 aliphatic rings. The Morgan fingerprint density at radius 1 is 1.44 bits per heavy atom. The molecule has 1 atom stereocenters. The number of nitrogens with zero attached hydrogens (tertiary/aromatic N) is 3. The molecule has 1 unspecified atom stereocenters. The van der Waals surface area contributed by atoms with Crippen LogP contribution in [0, 0.1) is 0 Å². The number of fused-ring (bicyclic) bond motifs is 1. The molecule has 0 bridgehead atoms. The molecule has 4 nitrogen and oxygen atoms in total. The van der Waals surface area contributed by atoms with Gasteiger partial charge in [-0.1, -0.05) is 0 Å². The van der Waals surface area contributed by atoms with Gasteiger partial charge in [-0.05, 0) is 30.5 Å². The van der Waals surface area contributed by atoms with Gasteiger partial charge in [-0.15, -0.1) is 0 Å². The molecular weight excluding hydrogens is 266 g/mol. The highest BCUT2D eigenvalue weighted by Gasteiger charge is 2.31. The third-order valence-corrected chi connectivity index (χ3v) is 6.32. The van der Waals surface area contributed by atoms with Gasteiger partial charge in [-0.25, -0.2) is 4.98 Å². The molecular formula is C12H15N3OS2. The summed E-state index contributed by atoms with van der Waals surface area (Å²) in [4.78, 5) is 11.9. The van der Waals surface area contributed by atoms with E-state index in [9.17, 15) is 4.55 Å². The Bertz CT molecular complexity index is 504. The topological polar surface area (TPSA) is 52.1 Å². The maximum atomic E-state index is 12.5. The third-order valence-electron chi connectivity index (χ3n) is 3.29. The minimum atomic E-state index is -0.977. The number of hydrogen-bond donors (Lipinski definition) is 0. The average Bonchev–Trinajstić information content (AvgIpc) is 2.82. The van der Waals surface area contributed by atoms with E-state index in [0.29, 0.717) is 0 Å². The molecule has 3 heterocycles. The minimum absolute atomic E-state index is 0.252. The molecule has 0 N–H and O–H groups in total. The van der Waals surface area contributed by atoms with E-state index in [1.807, 2.05) is 12.1 Å². The molecule has 1 fully saturated rings. The van der Waals surface area contributed by atoms with Crippen molar-refractivity contribution in [2.45, 2.75) is 22.4 Å². The van der Waals surface area contributed by atoms with Crippen LogP contribution in [0.2, 0.25) is 0 Å². The summed E-state index contributed by atoms with van der Waals surface area (Å²) in [5, 5.41) is 0.252. The first-order chi connectivity index (χ1) is 8.74. The molecule has 0 aromatic carbocycles. The van der Waals surface area contributed by atoms with E-state index in [-0.39, 0.29) is 5.25 Å². The second-order valence-electron chi connectivity index (χ2n) is 4.61. The first-order valence-corrected chi connectivity index (χ1v) is 8.07. The van der Waals surface area contributed by atoms with Gasteiger partial charge in [0.1, 0.15) is 15.6 Å². The van der Waals surface area contributed by atoms with E-state index in [4.69, 9.17) is 0 Å². The molecule has 0 aliphatic carbocycles. The summed E-state index contributed by atoms with van der Waals surface area (Å²) >= 11 is 0.487. The second kappa shape index (κ2) is 5.13. The molecule has 1 saturated heterocycles. The Labute approximate surface area is 113 Å². The van der Waals surface area contributed by atoms with E-state index < -0.39 is 11.2 Å². The first kappa shape index (κ1) is 12.3. The van der Waals surface area contributed by atoms with Gasteiger partial charge >= 0.3 is 4.34 Å². The average molecular weight is 281 g/mol. The standard InChI is InChI=1S/C12H15N3OS2/c1-15-7-4-9(5-8-15)18(16)12-14-10-3-2-6-13-11(10)17-12/h2-3,6,9H,4-5,7-8H2,1H3. The summed E-state index contributed by atoms with van der Waals surface area (Å²) in [5.41, 5.74) is 0.860. The van der Waals surface area contributed by atoms with E-state index in [1.54, 1.807) is 6.20 Å². The predicted octanol–water partition coefficient (Wildman–Crippen LogP) is 1.89. The monoisotopic (exact) mass is 281 g/mol. The van der Waals surface area contributed by atoms with E-state index >= 15 is 0 Å². The lowest BCUT2D eigenvalue weighted by molar-refractivity contribution is 0.277. The molecule has 1 aliphatic heterocycles. The fourth-order valence-electron chi connectivity index (χ4n) is 2.18. The first-order valence-electron chi connectivity index (χ1n) is 6.05. The van der Waals surface area contributed by atoms with Gasteiger partial charge in [0.2, 0.25) is 0 Å². The highest BCUT2D eigenvalue weighted by Crippen LogP contribution is 2.29. The lowest BCUT2D eigenvalue weighted by atomic mass is 10.1. The van der Waals surface area contributed by atoms with Crippen LogP contribution in [0.25, 0.3) is 10.3 Å². The highest BCUT2D eigenvalue weighted by atomic mass is 32.2. The normalized spacial score (nSPS) is 20.3. The smallest absolute Gasteiger partial charge is 0.304 e. The van der Waals surface area contributed by atoms with Crippen molar-refractivity contribution in [2.24, 2.45) is 0 Å². The molecule has 0 saturated carbocycles. The van der Waals surface area contributed by atoms with Crippen LogP contribution in [-0.4, -0.2) is 44.8 Å². The van der Waals surface area contributed by atoms with Gasteiger partial charge in [-0.3, -0.25) is 0 Å². The van der Waals surface area contributed by atoms with Crippen LogP contribution in [-0.2, 0) is 11.2 Å². The van der Waals surface area contributed by atoms with Crippen LogP contribution >= 0.6 is 11.3 Å². The summed E-state index contributed by atoms with van der Waals surface area (Å²) in [6.07, 6.45) is 3.74. The van der Waals surface area contributed by atoms with E-state index in [1.165, 1.54) is 11.3 Å². The number of pyridine rings is 1. The Morgan fingerprint density at radius 2 is 2.22 bits per heavy atom. The van der Waals surface area contributed by atoms with Crippen molar-refractivity contribution in [1.29, 1.82) is 0 Å². The number of rotatable bonds is 2. The number of piperidine rings is 1. The molecule has 2 aromatic rings. The van der Waals surface area contributed by atoms with Gasteiger partial charge in [-0.2, -0.15) is 4.98 Å². The molecule has 18 heavy (non-hydrogen) atoms. The zero-order chi connectivity index (χ0) is 12.5. The van der Waals surface area contributed by atoms with Gasteiger partial charge in [0.05, 0.1) is 0 Å². The van der Waals surface area contributed by atoms with Crippen LogP contribution in [0.15, 0.2) is 22.7 Å². The molecule has 96 valence electrons. The van der Waals surface area contributed by atoms with Gasteiger partial charge < -0.3 is 9.45 Å². The highest BCUT2D eigenvalue weighted by molar-refractivity contribution is 7.94. The van der Waals surface area contributed by atoms with Crippen molar-refractivity contribution in [3.05, 3.63) is 18.3 Å². The van der Waals surface area contributed by atoms with Crippen molar-refractivity contribution in [2.75, 3.05) is 20.1 Å². The Morgan fingerprint density at radius 3 is 2.94 bits per heavy atom. The van der Waals surface area contributed by atoms with Crippen LogP contribution in [0.1, 0.15) is 12.8 Å². The molecule has 0 radical (unpaired) electrons. The molecule has 6 heteroatoms. The van der Waals surface area contributed by atoms with Gasteiger partial charge in [0.25, 0.3) is 0 Å². The van der Waals surface area contributed by atoms with Crippen molar-refractivity contribution < 1.29 is 4.55 Å². The number of thiazole rings is 1. The third kappa shape index (κ3) is 2.38. The zero-order valence-corrected chi connectivity index (χ0v) is 11.8. The largest absolute Gasteiger partial charge is 0.609 e. The van der Waals surface area contributed by atoms with Crippen molar-refractivity contribution in [3.63, 3.8) is 0 Å². The Hall–Kier alpha value is -0.690. The lowest BCUT2D eigenvalue weighted by Gasteiger charge is -2.28. The molecule has 2 aromatic heterocycles. The Balaban J connectivity index is 1.81. The summed E-state index contributed by atoms with van der Waals surface area (Å²) in [6.45, 7) is 2.05. The molecule has 0 spiro atoms. The van der Waals surface area contributed by atoms with E-state index in [0.717, 1.165) is 40.6 Å². The second-order valence-corrected chi connectivity index (χ2v) is 7.49. The molecule has 3 rings (SSSR count). The van der Waals surface area contributed by atoms with Crippen molar-refractivity contribution in [1.82, 2.24) is 14.9 Å². The number of likely N-dealkylation sites (tertiary alicyclic amines) is 1. The summed E-state index contributed by atoms with van der Waals surface area (Å²) in [5.74, 6) is 0. The maximum Gasteiger partial charge on any atom is 0.304 e. The zero-order valence-electron chi connectivity index (χ0n) is 10.2. The van der Waals surface area contributed by atoms with E-state index in [2.05, 4.69) is 21.9 Å². The Kier molecular flexibility index (Phi) is 3.52. The van der Waals surface area contributed by atoms with Crippen molar-refractivity contribution in [3.8, 4) is 0 Å². The van der Waals surface area contributed by atoms with Crippen LogP contribution in [0.4, 0.5) is 0 Å². The number of aromatic nitrogens is 2. The van der Waals surface area contributed by atoms with Crippen molar-refractivity contribution >= 4 is 32.9 Å². The fraction of sp³-hybridized carbons (Fsp3) is 0.500. The van der Waals surface area contributed by atoms with Crippen LogP contribution < -0.4 is 0 Å². The minimum Gasteiger partial charge on any atom is -0.609 e. The predicted molar refractivity (Wildman–Crippen MR) is 74.3 cm³/mol. The van der Waals surface area contributed by atoms with Crippen LogP contribution in [0.3, 0.4) is 0 Å². The fourth-order valence-corrected chi connectivity index (χ4v) is 4.90. The molecule has 0 amide bonds. The van der Waals surface area contributed by atoms with Gasteiger partial charge in [0.15, 0.2) is 0 Å². The number of hydrogen-bond acceptors (Lipinski definition) is 5.